The molecular weight excluding hydrogens is 272 g/mol. The zero-order valence-corrected chi connectivity index (χ0v) is 12.7. The van der Waals surface area contributed by atoms with E-state index in [-0.39, 0.29) is 0 Å². The molecule has 0 amide bonds. The summed E-state index contributed by atoms with van der Waals surface area (Å²) in [7, 11) is 1.54. The maximum atomic E-state index is 10.5. The highest BCUT2D eigenvalue weighted by Crippen LogP contribution is 2.31. The van der Waals surface area contributed by atoms with Crippen molar-refractivity contribution in [3.05, 3.63) is 29.5 Å². The Kier molecular flexibility index (Phi) is 4.26. The normalized spacial score (nSPS) is 13.9. The number of aliphatic hydroxyl groups is 1. The third-order valence-corrected chi connectivity index (χ3v) is 4.40. The summed E-state index contributed by atoms with van der Waals surface area (Å²) in [6, 6.07) is 7.58. The van der Waals surface area contributed by atoms with Gasteiger partial charge in [0.25, 0.3) is 0 Å². The van der Waals surface area contributed by atoms with Gasteiger partial charge >= 0.3 is 0 Å². The maximum Gasteiger partial charge on any atom is 0.138 e. The van der Waals surface area contributed by atoms with Gasteiger partial charge in [-0.1, -0.05) is 6.92 Å². The van der Waals surface area contributed by atoms with Crippen LogP contribution in [-0.2, 0) is 5.60 Å². The van der Waals surface area contributed by atoms with Crippen molar-refractivity contribution in [2.24, 2.45) is 0 Å². The van der Waals surface area contributed by atoms with Crippen molar-refractivity contribution in [2.45, 2.75) is 19.4 Å². The van der Waals surface area contributed by atoms with E-state index in [1.165, 1.54) is 0 Å². The SMILES string of the molecule is CCSC[C@](C)(O)c1cc2cc(C#N)c(OC)cc2[nH]1. The fourth-order valence-corrected chi connectivity index (χ4v) is 2.84. The lowest BCUT2D eigenvalue weighted by Gasteiger charge is -2.21. The second-order valence-electron chi connectivity index (χ2n) is 4.85. The molecule has 0 aliphatic heterocycles. The number of hydrogen-bond donors (Lipinski definition) is 2. The van der Waals surface area contributed by atoms with Crippen molar-refractivity contribution in [1.82, 2.24) is 4.98 Å². The molecule has 0 fully saturated rings. The Labute approximate surface area is 122 Å². The van der Waals surface area contributed by atoms with Crippen LogP contribution in [0, 0.1) is 11.3 Å². The molecule has 106 valence electrons. The largest absolute Gasteiger partial charge is 0.495 e. The number of benzene rings is 1. The fraction of sp³-hybridized carbons (Fsp3) is 0.400. The van der Waals surface area contributed by atoms with E-state index in [1.54, 1.807) is 37.9 Å². The first kappa shape index (κ1) is 14.8. The number of hydrogen-bond acceptors (Lipinski definition) is 4. The molecule has 0 aliphatic rings. The molecule has 1 aromatic heterocycles. The number of aromatic nitrogens is 1. The van der Waals surface area contributed by atoms with E-state index >= 15 is 0 Å². The monoisotopic (exact) mass is 290 g/mol. The van der Waals surface area contributed by atoms with Crippen molar-refractivity contribution < 1.29 is 9.84 Å². The molecule has 1 aromatic carbocycles. The first-order valence-electron chi connectivity index (χ1n) is 6.43. The highest BCUT2D eigenvalue weighted by molar-refractivity contribution is 7.99. The smallest absolute Gasteiger partial charge is 0.138 e. The highest BCUT2D eigenvalue weighted by atomic mass is 32.2. The van der Waals surface area contributed by atoms with Crippen LogP contribution >= 0.6 is 11.8 Å². The maximum absolute atomic E-state index is 10.5. The molecule has 1 atom stereocenters. The second kappa shape index (κ2) is 5.78. The van der Waals surface area contributed by atoms with E-state index in [0.717, 1.165) is 22.3 Å². The molecule has 2 aromatic rings. The molecule has 2 N–H and O–H groups in total. The molecule has 0 saturated carbocycles. The van der Waals surface area contributed by atoms with Gasteiger partial charge < -0.3 is 14.8 Å². The van der Waals surface area contributed by atoms with Crippen molar-refractivity contribution in [2.75, 3.05) is 18.6 Å². The number of aromatic amines is 1. The summed E-state index contributed by atoms with van der Waals surface area (Å²) in [6.45, 7) is 3.86. The summed E-state index contributed by atoms with van der Waals surface area (Å²) in [5, 5.41) is 20.5. The first-order valence-corrected chi connectivity index (χ1v) is 7.58. The molecule has 20 heavy (non-hydrogen) atoms. The third-order valence-electron chi connectivity index (χ3n) is 3.23. The topological polar surface area (TPSA) is 69.0 Å². The quantitative estimate of drug-likeness (QED) is 0.888. The molecule has 2 rings (SSSR count). The van der Waals surface area contributed by atoms with Gasteiger partial charge in [0.2, 0.25) is 0 Å². The van der Waals surface area contributed by atoms with Crippen LogP contribution in [0.15, 0.2) is 18.2 Å². The minimum absolute atomic E-state index is 0.494. The number of fused-ring (bicyclic) bond motifs is 1. The van der Waals surface area contributed by atoms with Crippen LogP contribution < -0.4 is 4.74 Å². The number of nitriles is 1. The molecule has 0 unspecified atom stereocenters. The Morgan fingerprint density at radius 3 is 2.80 bits per heavy atom. The second-order valence-corrected chi connectivity index (χ2v) is 6.12. The Bertz CT molecular complexity index is 656. The Hall–Kier alpha value is -1.64. The molecule has 0 aliphatic carbocycles. The first-order chi connectivity index (χ1) is 9.51. The standard InChI is InChI=1S/C15H18N2O2S/c1-4-20-9-15(2,18)14-6-10-5-11(8-16)13(19-3)7-12(10)17-14/h5-7,17-18H,4,9H2,1-3H3/t15-/m0/s1. The van der Waals surface area contributed by atoms with Crippen LogP contribution in [0.2, 0.25) is 0 Å². The van der Waals surface area contributed by atoms with Gasteiger partial charge in [0, 0.05) is 28.4 Å². The number of nitrogens with zero attached hydrogens (tertiary/aromatic N) is 1. The van der Waals surface area contributed by atoms with Gasteiger partial charge in [-0.25, -0.2) is 0 Å². The fourth-order valence-electron chi connectivity index (χ4n) is 2.09. The number of H-pyrrole nitrogens is 1. The molecule has 5 heteroatoms. The number of rotatable bonds is 5. The van der Waals surface area contributed by atoms with E-state index in [4.69, 9.17) is 10.00 Å². The van der Waals surface area contributed by atoms with E-state index in [0.29, 0.717) is 17.1 Å². The lowest BCUT2D eigenvalue weighted by atomic mass is 10.1. The van der Waals surface area contributed by atoms with E-state index in [2.05, 4.69) is 18.0 Å². The average Bonchev–Trinajstić information content (AvgIpc) is 2.87. The highest BCUT2D eigenvalue weighted by Gasteiger charge is 2.25. The zero-order valence-electron chi connectivity index (χ0n) is 11.9. The number of methoxy groups -OCH3 is 1. The van der Waals surface area contributed by atoms with Crippen LogP contribution in [0.5, 0.6) is 5.75 Å². The van der Waals surface area contributed by atoms with Crippen LogP contribution in [-0.4, -0.2) is 28.7 Å². The van der Waals surface area contributed by atoms with E-state index in [9.17, 15) is 5.11 Å². The summed E-state index contributed by atoms with van der Waals surface area (Å²) in [4.78, 5) is 3.22. The summed E-state index contributed by atoms with van der Waals surface area (Å²) in [5.74, 6) is 2.12. The lowest BCUT2D eigenvalue weighted by Crippen LogP contribution is -2.24. The zero-order chi connectivity index (χ0) is 14.8. The van der Waals surface area contributed by atoms with Crippen LogP contribution in [0.4, 0.5) is 0 Å². The predicted molar refractivity (Wildman–Crippen MR) is 82.1 cm³/mol. The summed E-state index contributed by atoms with van der Waals surface area (Å²) < 4.78 is 5.19. The lowest BCUT2D eigenvalue weighted by molar-refractivity contribution is 0.0800. The summed E-state index contributed by atoms with van der Waals surface area (Å²) >= 11 is 1.69. The Morgan fingerprint density at radius 1 is 1.45 bits per heavy atom. The van der Waals surface area contributed by atoms with Gasteiger partial charge in [-0.05, 0) is 24.8 Å². The predicted octanol–water partition coefficient (Wildman–Crippen LogP) is 3.01. The number of nitrogens with one attached hydrogen (secondary N) is 1. The number of thioether (sulfide) groups is 1. The van der Waals surface area contributed by atoms with Crippen molar-refractivity contribution in [1.29, 1.82) is 5.26 Å². The van der Waals surface area contributed by atoms with Gasteiger partial charge in [-0.2, -0.15) is 17.0 Å². The molecule has 0 bridgehead atoms. The van der Waals surface area contributed by atoms with Crippen LogP contribution in [0.3, 0.4) is 0 Å². The van der Waals surface area contributed by atoms with Crippen molar-refractivity contribution >= 4 is 22.7 Å². The van der Waals surface area contributed by atoms with Crippen LogP contribution in [0.25, 0.3) is 10.9 Å². The van der Waals surface area contributed by atoms with Gasteiger partial charge in [0.15, 0.2) is 0 Å². The molecule has 0 spiro atoms. The van der Waals surface area contributed by atoms with Gasteiger partial charge in [0.05, 0.1) is 12.7 Å². The average molecular weight is 290 g/mol. The molecule has 1 heterocycles. The third kappa shape index (κ3) is 2.77. The van der Waals surface area contributed by atoms with Gasteiger partial charge in [-0.3, -0.25) is 0 Å². The summed E-state index contributed by atoms with van der Waals surface area (Å²) in [5.41, 5.74) is 1.19. The minimum atomic E-state index is -0.917. The number of ether oxygens (including phenoxy) is 1. The van der Waals surface area contributed by atoms with Crippen molar-refractivity contribution in [3.63, 3.8) is 0 Å². The van der Waals surface area contributed by atoms with E-state index < -0.39 is 5.60 Å². The Balaban J connectivity index is 2.46. The van der Waals surface area contributed by atoms with Crippen molar-refractivity contribution in [3.8, 4) is 11.8 Å². The minimum Gasteiger partial charge on any atom is -0.495 e. The molecule has 4 nitrogen and oxygen atoms in total. The molecule has 0 radical (unpaired) electrons. The molecular formula is C15H18N2O2S. The van der Waals surface area contributed by atoms with Gasteiger partial charge in [0.1, 0.15) is 17.4 Å². The molecule has 0 saturated heterocycles. The van der Waals surface area contributed by atoms with Gasteiger partial charge in [-0.15, -0.1) is 0 Å². The van der Waals surface area contributed by atoms with Crippen LogP contribution in [0.1, 0.15) is 25.1 Å². The summed E-state index contributed by atoms with van der Waals surface area (Å²) in [6.07, 6.45) is 0. The Morgan fingerprint density at radius 2 is 2.20 bits per heavy atom. The van der Waals surface area contributed by atoms with E-state index in [1.807, 2.05) is 6.07 Å².